The fraction of sp³-hybridized carbons (Fsp3) is 0.269. The average molecular weight is 399 g/mol. The Morgan fingerprint density at radius 1 is 0.900 bits per heavy atom. The zero-order valence-corrected chi connectivity index (χ0v) is 17.2. The van der Waals surface area contributed by atoms with Gasteiger partial charge in [-0.2, -0.15) is 0 Å². The van der Waals surface area contributed by atoms with Gasteiger partial charge in [0.2, 0.25) is 0 Å². The van der Waals surface area contributed by atoms with Crippen molar-refractivity contribution in [1.82, 2.24) is 9.47 Å². The summed E-state index contributed by atoms with van der Waals surface area (Å²) in [5.41, 5.74) is 3.16. The van der Waals surface area contributed by atoms with E-state index in [1.807, 2.05) is 53.4 Å². The number of hydrogen-bond acceptors (Lipinski definition) is 2. The number of aryl methyl sites for hydroxylation is 1. The first-order valence-electron chi connectivity index (χ1n) is 10.7. The van der Waals surface area contributed by atoms with E-state index in [0.29, 0.717) is 31.5 Å². The van der Waals surface area contributed by atoms with Crippen LogP contribution in [0.4, 0.5) is 0 Å². The second kappa shape index (κ2) is 7.29. The minimum absolute atomic E-state index is 0.0420. The van der Waals surface area contributed by atoms with Gasteiger partial charge in [0.25, 0.3) is 5.91 Å². The monoisotopic (exact) mass is 398 g/mol. The molecule has 0 atom stereocenters. The molecular weight excluding hydrogens is 372 g/mol. The predicted octanol–water partition coefficient (Wildman–Crippen LogP) is 4.94. The number of para-hydroxylation sites is 1. The van der Waals surface area contributed by atoms with Crippen molar-refractivity contribution in [3.05, 3.63) is 83.9 Å². The van der Waals surface area contributed by atoms with Crippen LogP contribution in [0.15, 0.2) is 72.8 Å². The maximum Gasteiger partial charge on any atom is 0.253 e. The van der Waals surface area contributed by atoms with E-state index < -0.39 is 5.60 Å². The number of rotatable bonds is 3. The van der Waals surface area contributed by atoms with Crippen molar-refractivity contribution in [3.8, 4) is 0 Å². The Hall–Kier alpha value is -3.11. The maximum atomic E-state index is 13.2. The fourth-order valence-corrected chi connectivity index (χ4v) is 4.83. The maximum absolute atomic E-state index is 13.2. The van der Waals surface area contributed by atoms with Gasteiger partial charge < -0.3 is 14.6 Å². The van der Waals surface area contributed by atoms with Crippen LogP contribution in [0, 0.1) is 0 Å². The van der Waals surface area contributed by atoms with Crippen LogP contribution in [0.2, 0.25) is 0 Å². The number of aromatic nitrogens is 1. The van der Waals surface area contributed by atoms with E-state index in [-0.39, 0.29) is 5.91 Å². The number of benzene rings is 3. The molecule has 1 aliphatic heterocycles. The highest BCUT2D eigenvalue weighted by atomic mass is 16.3. The molecule has 0 unspecified atom stereocenters. The van der Waals surface area contributed by atoms with Crippen molar-refractivity contribution in [3.63, 3.8) is 0 Å². The van der Waals surface area contributed by atoms with E-state index in [4.69, 9.17) is 0 Å². The van der Waals surface area contributed by atoms with Gasteiger partial charge in [-0.05, 0) is 49.6 Å². The van der Waals surface area contributed by atoms with Crippen molar-refractivity contribution in [2.24, 2.45) is 0 Å². The lowest BCUT2D eigenvalue weighted by atomic mass is 9.84. The number of nitrogens with zero attached hydrogens (tertiary/aromatic N) is 2. The number of carbonyl (C=O) groups is 1. The van der Waals surface area contributed by atoms with E-state index in [1.54, 1.807) is 0 Å². The SMILES string of the molecule is CCn1c2ccccc2c2cc(C(=O)N3CCC(O)(c4ccccc4)CC3)ccc21. The summed E-state index contributed by atoms with van der Waals surface area (Å²) in [4.78, 5) is 15.1. The Bertz CT molecular complexity index is 1220. The first kappa shape index (κ1) is 18.9. The van der Waals surface area contributed by atoms with E-state index in [2.05, 4.69) is 35.8 Å². The molecule has 0 spiro atoms. The van der Waals surface area contributed by atoms with Crippen LogP contribution in [-0.4, -0.2) is 33.6 Å². The summed E-state index contributed by atoms with van der Waals surface area (Å²) in [5, 5.41) is 13.4. The van der Waals surface area contributed by atoms with Gasteiger partial charge in [0, 0.05) is 47.0 Å². The molecule has 152 valence electrons. The van der Waals surface area contributed by atoms with Crippen molar-refractivity contribution in [2.45, 2.75) is 31.9 Å². The van der Waals surface area contributed by atoms with Crippen molar-refractivity contribution in [2.75, 3.05) is 13.1 Å². The first-order chi connectivity index (χ1) is 14.6. The molecule has 1 aliphatic rings. The lowest BCUT2D eigenvalue weighted by Crippen LogP contribution is -2.45. The lowest BCUT2D eigenvalue weighted by Gasteiger charge is -2.38. The molecule has 30 heavy (non-hydrogen) atoms. The zero-order valence-electron chi connectivity index (χ0n) is 17.2. The summed E-state index contributed by atoms with van der Waals surface area (Å²) in [6, 6.07) is 24.2. The summed E-state index contributed by atoms with van der Waals surface area (Å²) in [6.45, 7) is 4.14. The van der Waals surface area contributed by atoms with Gasteiger partial charge in [-0.25, -0.2) is 0 Å². The van der Waals surface area contributed by atoms with Crippen LogP contribution in [-0.2, 0) is 12.1 Å². The summed E-state index contributed by atoms with van der Waals surface area (Å²) in [5.74, 6) is 0.0420. The molecule has 0 saturated carbocycles. The third-order valence-corrected chi connectivity index (χ3v) is 6.52. The largest absolute Gasteiger partial charge is 0.385 e. The van der Waals surface area contributed by atoms with Crippen LogP contribution in [0.5, 0.6) is 0 Å². The number of hydrogen-bond donors (Lipinski definition) is 1. The number of carbonyl (C=O) groups excluding carboxylic acids is 1. The van der Waals surface area contributed by atoms with Gasteiger partial charge >= 0.3 is 0 Å². The highest BCUT2D eigenvalue weighted by molar-refractivity contribution is 6.10. The number of likely N-dealkylation sites (tertiary alicyclic amines) is 1. The Kier molecular flexibility index (Phi) is 4.59. The number of piperidine rings is 1. The van der Waals surface area contributed by atoms with Gasteiger partial charge in [0.05, 0.1) is 5.60 Å². The highest BCUT2D eigenvalue weighted by Gasteiger charge is 2.35. The van der Waals surface area contributed by atoms with Crippen molar-refractivity contribution < 1.29 is 9.90 Å². The molecule has 2 heterocycles. The molecule has 3 aromatic carbocycles. The Balaban J connectivity index is 1.43. The van der Waals surface area contributed by atoms with Crippen LogP contribution in [0.1, 0.15) is 35.7 Å². The Labute approximate surface area is 176 Å². The molecule has 1 aromatic heterocycles. The Morgan fingerprint density at radius 2 is 1.57 bits per heavy atom. The van der Waals surface area contributed by atoms with E-state index in [9.17, 15) is 9.90 Å². The standard InChI is InChI=1S/C26H26N2O2/c1-2-28-23-11-7-6-10-21(23)22-18-19(12-13-24(22)28)25(29)27-16-14-26(30,15-17-27)20-8-4-3-5-9-20/h3-13,18,30H,2,14-17H2,1H3. The second-order valence-corrected chi connectivity index (χ2v) is 8.18. The molecule has 0 bridgehead atoms. The molecule has 0 aliphatic carbocycles. The molecule has 1 amide bonds. The summed E-state index contributed by atoms with van der Waals surface area (Å²) in [7, 11) is 0. The number of fused-ring (bicyclic) bond motifs is 3. The van der Waals surface area contributed by atoms with Gasteiger partial charge in [-0.3, -0.25) is 4.79 Å². The molecule has 1 fully saturated rings. The van der Waals surface area contributed by atoms with Gasteiger partial charge in [0.15, 0.2) is 0 Å². The number of aliphatic hydroxyl groups is 1. The summed E-state index contributed by atoms with van der Waals surface area (Å²) in [6.07, 6.45) is 1.11. The zero-order chi connectivity index (χ0) is 20.7. The minimum Gasteiger partial charge on any atom is -0.385 e. The topological polar surface area (TPSA) is 45.5 Å². The Morgan fingerprint density at radius 3 is 2.30 bits per heavy atom. The average Bonchev–Trinajstić information content (AvgIpc) is 3.12. The fourth-order valence-electron chi connectivity index (χ4n) is 4.83. The van der Waals surface area contributed by atoms with Crippen LogP contribution >= 0.6 is 0 Å². The molecule has 1 saturated heterocycles. The van der Waals surface area contributed by atoms with Crippen molar-refractivity contribution in [1.29, 1.82) is 0 Å². The first-order valence-corrected chi connectivity index (χ1v) is 10.7. The molecule has 5 rings (SSSR count). The highest BCUT2D eigenvalue weighted by Crippen LogP contribution is 2.34. The van der Waals surface area contributed by atoms with Crippen LogP contribution < -0.4 is 0 Å². The van der Waals surface area contributed by atoms with E-state index in [1.165, 1.54) is 10.9 Å². The quantitative estimate of drug-likeness (QED) is 0.531. The summed E-state index contributed by atoms with van der Waals surface area (Å²) >= 11 is 0. The number of amides is 1. The molecule has 0 radical (unpaired) electrons. The van der Waals surface area contributed by atoms with E-state index in [0.717, 1.165) is 23.0 Å². The molecule has 4 heteroatoms. The van der Waals surface area contributed by atoms with Gasteiger partial charge in [-0.15, -0.1) is 0 Å². The van der Waals surface area contributed by atoms with Gasteiger partial charge in [0.1, 0.15) is 0 Å². The third kappa shape index (κ3) is 2.99. The summed E-state index contributed by atoms with van der Waals surface area (Å²) < 4.78 is 2.29. The molecule has 1 N–H and O–H groups in total. The normalized spacial score (nSPS) is 16.3. The lowest BCUT2D eigenvalue weighted by molar-refractivity contribution is -0.0211. The predicted molar refractivity (Wildman–Crippen MR) is 121 cm³/mol. The molecule has 4 nitrogen and oxygen atoms in total. The van der Waals surface area contributed by atoms with Gasteiger partial charge in [-0.1, -0.05) is 48.5 Å². The van der Waals surface area contributed by atoms with Crippen LogP contribution in [0.3, 0.4) is 0 Å². The smallest absolute Gasteiger partial charge is 0.253 e. The van der Waals surface area contributed by atoms with E-state index >= 15 is 0 Å². The second-order valence-electron chi connectivity index (χ2n) is 8.18. The molecular formula is C26H26N2O2. The minimum atomic E-state index is -0.851. The van der Waals surface area contributed by atoms with Crippen molar-refractivity contribution >= 4 is 27.7 Å². The van der Waals surface area contributed by atoms with Crippen LogP contribution in [0.25, 0.3) is 21.8 Å². The molecule has 4 aromatic rings. The third-order valence-electron chi connectivity index (χ3n) is 6.52.